The highest BCUT2D eigenvalue weighted by Crippen LogP contribution is 2.08. The van der Waals surface area contributed by atoms with Crippen LogP contribution in [0.4, 0.5) is 5.69 Å². The van der Waals surface area contributed by atoms with Gasteiger partial charge in [-0.05, 0) is 42.7 Å². The minimum absolute atomic E-state index is 0.153. The van der Waals surface area contributed by atoms with Crippen molar-refractivity contribution in [2.45, 2.75) is 13.3 Å². The molecular weight excluding hydrogens is 282 g/mol. The summed E-state index contributed by atoms with van der Waals surface area (Å²) in [5.41, 5.74) is 3.01. The summed E-state index contributed by atoms with van der Waals surface area (Å²) < 4.78 is 0. The van der Waals surface area contributed by atoms with Gasteiger partial charge in [-0.2, -0.15) is 0 Å². The van der Waals surface area contributed by atoms with Gasteiger partial charge in [-0.3, -0.25) is 4.79 Å². The molecule has 22 heavy (non-hydrogen) atoms. The fourth-order valence-corrected chi connectivity index (χ4v) is 1.78. The van der Waals surface area contributed by atoms with Crippen LogP contribution in [0.25, 0.3) is 0 Å². The van der Waals surface area contributed by atoms with E-state index in [1.165, 1.54) is 0 Å². The van der Waals surface area contributed by atoms with Crippen molar-refractivity contribution in [2.24, 2.45) is 0 Å². The molecule has 0 bridgehead atoms. The molecule has 5 heteroatoms. The minimum Gasteiger partial charge on any atom is -0.478 e. The van der Waals surface area contributed by atoms with Gasteiger partial charge in [0.05, 0.1) is 5.56 Å². The second-order valence-corrected chi connectivity index (χ2v) is 4.55. The fraction of sp³-hybridized carbons (Fsp3) is 0.176. The Labute approximate surface area is 129 Å². The lowest BCUT2D eigenvalue weighted by Gasteiger charge is -2.00. The van der Waals surface area contributed by atoms with E-state index >= 15 is 0 Å². The molecule has 3 N–H and O–H groups in total. The van der Waals surface area contributed by atoms with Gasteiger partial charge >= 0.3 is 5.97 Å². The molecule has 0 radical (unpaired) electrons. The van der Waals surface area contributed by atoms with Crippen LogP contribution in [0.2, 0.25) is 0 Å². The lowest BCUT2D eigenvalue weighted by atomic mass is 10.1. The van der Waals surface area contributed by atoms with Crippen LogP contribution in [0.3, 0.4) is 0 Å². The monoisotopic (exact) mass is 301 g/mol. The van der Waals surface area contributed by atoms with Gasteiger partial charge in [0, 0.05) is 12.3 Å². The lowest BCUT2D eigenvalue weighted by Crippen LogP contribution is -1.97. The molecule has 0 unspecified atom stereocenters. The van der Waals surface area contributed by atoms with Crippen LogP contribution in [0.5, 0.6) is 0 Å². The molecule has 2 aromatic carbocycles. The van der Waals surface area contributed by atoms with Crippen LogP contribution in [-0.2, 0) is 11.2 Å². The molecule has 0 aliphatic rings. The van der Waals surface area contributed by atoms with E-state index in [-0.39, 0.29) is 6.61 Å². The first-order chi connectivity index (χ1) is 10.6. The standard InChI is InChI=1S/C9H11NO2.C8H8O2/c11-6-5-8-1-3-9(4-2-8)10-7-12;1-6-4-2-3-5-7(6)8(9)10/h1-4,7,11H,5-6H2,(H,10,12);2-5H,1H3,(H,9,10). The van der Waals surface area contributed by atoms with E-state index in [2.05, 4.69) is 5.32 Å². The summed E-state index contributed by atoms with van der Waals surface area (Å²) in [4.78, 5) is 20.5. The molecule has 0 heterocycles. The van der Waals surface area contributed by atoms with Crippen LogP contribution in [0.15, 0.2) is 48.5 Å². The third kappa shape index (κ3) is 5.76. The number of carboxylic acids is 1. The molecule has 1 amide bonds. The van der Waals surface area contributed by atoms with E-state index in [0.29, 0.717) is 18.4 Å². The second-order valence-electron chi connectivity index (χ2n) is 4.55. The highest BCUT2D eigenvalue weighted by Gasteiger charge is 2.02. The van der Waals surface area contributed by atoms with Gasteiger partial charge in [0.15, 0.2) is 0 Å². The Morgan fingerprint density at radius 2 is 1.77 bits per heavy atom. The van der Waals surface area contributed by atoms with Crippen LogP contribution in [-0.4, -0.2) is 29.2 Å². The number of aliphatic hydroxyl groups excluding tert-OH is 1. The first-order valence-electron chi connectivity index (χ1n) is 6.77. The van der Waals surface area contributed by atoms with E-state index in [9.17, 15) is 9.59 Å². The molecule has 0 saturated carbocycles. The van der Waals surface area contributed by atoms with Gasteiger partial charge in [-0.15, -0.1) is 0 Å². The van der Waals surface area contributed by atoms with Crippen molar-refractivity contribution in [1.82, 2.24) is 0 Å². The minimum atomic E-state index is -0.863. The van der Waals surface area contributed by atoms with Crippen molar-refractivity contribution < 1.29 is 19.8 Å². The number of carboxylic acid groups (broad SMARTS) is 1. The first kappa shape index (κ1) is 17.4. The fourth-order valence-electron chi connectivity index (χ4n) is 1.78. The predicted molar refractivity (Wildman–Crippen MR) is 85.1 cm³/mol. The number of aromatic carboxylic acids is 1. The lowest BCUT2D eigenvalue weighted by molar-refractivity contribution is -0.105. The summed E-state index contributed by atoms with van der Waals surface area (Å²) in [6.45, 7) is 1.93. The number of aryl methyl sites for hydroxylation is 1. The van der Waals surface area contributed by atoms with Crippen molar-refractivity contribution >= 4 is 18.1 Å². The summed E-state index contributed by atoms with van der Waals surface area (Å²) in [6, 6.07) is 14.3. The highest BCUT2D eigenvalue weighted by molar-refractivity contribution is 5.89. The number of carbonyl (C=O) groups excluding carboxylic acids is 1. The van der Waals surface area contributed by atoms with Gasteiger partial charge in [-0.1, -0.05) is 30.3 Å². The van der Waals surface area contributed by atoms with Crippen molar-refractivity contribution in [3.8, 4) is 0 Å². The zero-order chi connectivity index (χ0) is 16.4. The summed E-state index contributed by atoms with van der Waals surface area (Å²) in [5.74, 6) is -0.863. The predicted octanol–water partition coefficient (Wildman–Crippen LogP) is 2.48. The molecule has 0 aliphatic carbocycles. The van der Waals surface area contributed by atoms with Crippen LogP contribution in [0, 0.1) is 6.92 Å². The molecule has 0 fully saturated rings. The van der Waals surface area contributed by atoms with Crippen molar-refractivity contribution in [3.05, 3.63) is 65.2 Å². The molecule has 2 aromatic rings. The van der Waals surface area contributed by atoms with Crippen LogP contribution >= 0.6 is 0 Å². The molecule has 0 spiro atoms. The number of hydrogen-bond acceptors (Lipinski definition) is 3. The van der Waals surface area contributed by atoms with Gasteiger partial charge in [0.1, 0.15) is 0 Å². The van der Waals surface area contributed by atoms with Gasteiger partial charge < -0.3 is 15.5 Å². The van der Waals surface area contributed by atoms with E-state index in [0.717, 1.165) is 16.8 Å². The van der Waals surface area contributed by atoms with Crippen LogP contribution in [0.1, 0.15) is 21.5 Å². The topological polar surface area (TPSA) is 86.6 Å². The Morgan fingerprint density at radius 3 is 2.23 bits per heavy atom. The number of carbonyl (C=O) groups is 2. The third-order valence-corrected chi connectivity index (χ3v) is 2.96. The summed E-state index contributed by atoms with van der Waals surface area (Å²) in [5, 5.41) is 19.7. The summed E-state index contributed by atoms with van der Waals surface area (Å²) in [7, 11) is 0. The van der Waals surface area contributed by atoms with Gasteiger partial charge in [0.2, 0.25) is 6.41 Å². The Hall–Kier alpha value is -2.66. The number of benzene rings is 2. The molecule has 0 aliphatic heterocycles. The summed E-state index contributed by atoms with van der Waals surface area (Å²) >= 11 is 0. The van der Waals surface area contributed by atoms with Gasteiger partial charge in [0.25, 0.3) is 0 Å². The Balaban J connectivity index is 0.000000224. The number of nitrogens with one attached hydrogen (secondary N) is 1. The zero-order valence-electron chi connectivity index (χ0n) is 12.3. The Kier molecular flexibility index (Phi) is 7.36. The Bertz CT molecular complexity index is 608. The first-order valence-corrected chi connectivity index (χ1v) is 6.77. The largest absolute Gasteiger partial charge is 0.478 e. The second kappa shape index (κ2) is 9.31. The molecule has 116 valence electrons. The average molecular weight is 301 g/mol. The Morgan fingerprint density at radius 1 is 1.14 bits per heavy atom. The molecule has 2 rings (SSSR count). The maximum absolute atomic E-state index is 10.4. The van der Waals surface area contributed by atoms with Crippen molar-refractivity contribution in [1.29, 1.82) is 0 Å². The number of hydrogen-bond donors (Lipinski definition) is 3. The van der Waals surface area contributed by atoms with E-state index < -0.39 is 5.97 Å². The van der Waals surface area contributed by atoms with Gasteiger partial charge in [-0.25, -0.2) is 4.79 Å². The SMILES string of the molecule is Cc1ccccc1C(=O)O.O=CNc1ccc(CCO)cc1. The van der Waals surface area contributed by atoms with E-state index in [4.69, 9.17) is 10.2 Å². The van der Waals surface area contributed by atoms with Crippen LogP contribution < -0.4 is 5.32 Å². The number of rotatable bonds is 5. The third-order valence-electron chi connectivity index (χ3n) is 2.96. The molecule has 5 nitrogen and oxygen atoms in total. The molecule has 0 aromatic heterocycles. The number of aliphatic hydroxyl groups is 1. The maximum atomic E-state index is 10.4. The van der Waals surface area contributed by atoms with E-state index in [1.54, 1.807) is 37.3 Å². The molecule has 0 atom stereocenters. The summed E-state index contributed by atoms with van der Waals surface area (Å²) in [6.07, 6.45) is 1.29. The number of anilines is 1. The normalized spacial score (nSPS) is 9.36. The molecule has 0 saturated heterocycles. The smallest absolute Gasteiger partial charge is 0.335 e. The van der Waals surface area contributed by atoms with E-state index in [1.807, 2.05) is 18.2 Å². The van der Waals surface area contributed by atoms with Crippen molar-refractivity contribution in [3.63, 3.8) is 0 Å². The number of amides is 1. The highest BCUT2D eigenvalue weighted by atomic mass is 16.4. The zero-order valence-corrected chi connectivity index (χ0v) is 12.3. The average Bonchev–Trinajstić information content (AvgIpc) is 2.51. The van der Waals surface area contributed by atoms with Crippen molar-refractivity contribution in [2.75, 3.05) is 11.9 Å². The quantitative estimate of drug-likeness (QED) is 0.740. The molecular formula is C17H19NO4. The maximum Gasteiger partial charge on any atom is 0.335 e.